The molecule has 0 fully saturated rings. The molecule has 3 nitrogen and oxygen atoms in total. The summed E-state index contributed by atoms with van der Waals surface area (Å²) in [7, 11) is 0. The Kier molecular flexibility index (Phi) is 3.29. The van der Waals surface area contributed by atoms with Crippen LogP contribution < -0.4 is 5.73 Å². The lowest BCUT2D eigenvalue weighted by Crippen LogP contribution is -2.10. The molecule has 0 saturated carbocycles. The molecule has 68 valence electrons. The zero-order valence-corrected chi connectivity index (χ0v) is 7.80. The van der Waals surface area contributed by atoms with Crippen molar-refractivity contribution in [2.45, 2.75) is 32.6 Å². The summed E-state index contributed by atoms with van der Waals surface area (Å²) in [4.78, 5) is 7.54. The topological polar surface area (TPSA) is 54.7 Å². The van der Waals surface area contributed by atoms with Gasteiger partial charge in [0.05, 0.1) is 0 Å². The summed E-state index contributed by atoms with van der Waals surface area (Å²) in [5.74, 6) is 1.36. The standard InChI is InChI=1S/C9H17N3/c1-3-4-8-6-11-9(12-8)7(2)5-10/h6-7H,3-5,10H2,1-2H3,(H,11,12). The first-order valence-electron chi connectivity index (χ1n) is 4.51. The van der Waals surface area contributed by atoms with E-state index in [0.29, 0.717) is 12.5 Å². The Balaban J connectivity index is 2.63. The number of nitrogens with two attached hydrogens (primary N) is 1. The van der Waals surface area contributed by atoms with Gasteiger partial charge in [-0.25, -0.2) is 4.98 Å². The second-order valence-electron chi connectivity index (χ2n) is 3.18. The molecule has 1 aromatic rings. The fourth-order valence-electron chi connectivity index (χ4n) is 1.13. The van der Waals surface area contributed by atoms with Crippen molar-refractivity contribution in [3.8, 4) is 0 Å². The molecular formula is C9H17N3. The number of H-pyrrole nitrogens is 1. The smallest absolute Gasteiger partial charge is 0.110 e. The molecule has 0 amide bonds. The Hall–Kier alpha value is -0.830. The van der Waals surface area contributed by atoms with Gasteiger partial charge in [0.15, 0.2) is 0 Å². The van der Waals surface area contributed by atoms with E-state index in [1.165, 1.54) is 5.69 Å². The average Bonchev–Trinajstić information content (AvgIpc) is 2.52. The Morgan fingerprint density at radius 2 is 2.42 bits per heavy atom. The first-order chi connectivity index (χ1) is 5.77. The van der Waals surface area contributed by atoms with Gasteiger partial charge in [0.25, 0.3) is 0 Å². The van der Waals surface area contributed by atoms with E-state index in [0.717, 1.165) is 18.7 Å². The molecule has 1 atom stereocenters. The van der Waals surface area contributed by atoms with Gasteiger partial charge in [0.1, 0.15) is 5.82 Å². The molecule has 0 aliphatic carbocycles. The zero-order chi connectivity index (χ0) is 8.97. The molecule has 0 bridgehead atoms. The first-order valence-corrected chi connectivity index (χ1v) is 4.51. The lowest BCUT2D eigenvalue weighted by atomic mass is 10.2. The highest BCUT2D eigenvalue weighted by Gasteiger charge is 2.06. The van der Waals surface area contributed by atoms with E-state index >= 15 is 0 Å². The van der Waals surface area contributed by atoms with E-state index < -0.39 is 0 Å². The van der Waals surface area contributed by atoms with Crippen LogP contribution in [-0.4, -0.2) is 16.5 Å². The van der Waals surface area contributed by atoms with Gasteiger partial charge in [-0.3, -0.25) is 0 Å². The summed E-state index contributed by atoms with van der Waals surface area (Å²) in [6.45, 7) is 4.89. The van der Waals surface area contributed by atoms with Crippen molar-refractivity contribution in [2.24, 2.45) is 5.73 Å². The van der Waals surface area contributed by atoms with Crippen LogP contribution in [0.25, 0.3) is 0 Å². The van der Waals surface area contributed by atoms with E-state index in [9.17, 15) is 0 Å². The summed E-state index contributed by atoms with van der Waals surface area (Å²) in [5, 5.41) is 0. The van der Waals surface area contributed by atoms with E-state index in [2.05, 4.69) is 23.8 Å². The van der Waals surface area contributed by atoms with Crippen molar-refractivity contribution in [3.05, 3.63) is 17.7 Å². The number of hydrogen-bond donors (Lipinski definition) is 2. The maximum atomic E-state index is 5.53. The summed E-state index contributed by atoms with van der Waals surface area (Å²) in [6.07, 6.45) is 4.13. The minimum Gasteiger partial charge on any atom is -0.346 e. The maximum Gasteiger partial charge on any atom is 0.110 e. The predicted molar refractivity (Wildman–Crippen MR) is 50.1 cm³/mol. The number of rotatable bonds is 4. The summed E-state index contributed by atoms with van der Waals surface area (Å²) < 4.78 is 0. The van der Waals surface area contributed by atoms with Gasteiger partial charge in [0.2, 0.25) is 0 Å². The van der Waals surface area contributed by atoms with Crippen molar-refractivity contribution in [3.63, 3.8) is 0 Å². The zero-order valence-electron chi connectivity index (χ0n) is 7.80. The van der Waals surface area contributed by atoms with Crippen molar-refractivity contribution >= 4 is 0 Å². The van der Waals surface area contributed by atoms with Crippen LogP contribution in [0.3, 0.4) is 0 Å². The highest BCUT2D eigenvalue weighted by Crippen LogP contribution is 2.09. The van der Waals surface area contributed by atoms with Crippen molar-refractivity contribution in [1.82, 2.24) is 9.97 Å². The van der Waals surface area contributed by atoms with Crippen LogP contribution in [0.1, 0.15) is 37.7 Å². The molecule has 0 spiro atoms. The molecule has 3 heteroatoms. The minimum absolute atomic E-state index is 0.343. The van der Waals surface area contributed by atoms with Gasteiger partial charge in [-0.2, -0.15) is 0 Å². The van der Waals surface area contributed by atoms with Crippen molar-refractivity contribution < 1.29 is 0 Å². The van der Waals surface area contributed by atoms with Gasteiger partial charge < -0.3 is 10.7 Å². The van der Waals surface area contributed by atoms with Gasteiger partial charge in [-0.05, 0) is 6.42 Å². The Morgan fingerprint density at radius 1 is 1.67 bits per heavy atom. The fourth-order valence-corrected chi connectivity index (χ4v) is 1.13. The molecule has 1 unspecified atom stereocenters. The summed E-state index contributed by atoms with van der Waals surface area (Å²) in [6, 6.07) is 0. The Bertz CT molecular complexity index is 229. The third kappa shape index (κ3) is 2.08. The summed E-state index contributed by atoms with van der Waals surface area (Å²) >= 11 is 0. The van der Waals surface area contributed by atoms with Gasteiger partial charge in [0, 0.05) is 24.4 Å². The molecule has 12 heavy (non-hydrogen) atoms. The molecule has 0 radical (unpaired) electrons. The highest BCUT2D eigenvalue weighted by atomic mass is 14.9. The van der Waals surface area contributed by atoms with Gasteiger partial charge in [-0.1, -0.05) is 20.3 Å². The Labute approximate surface area is 73.4 Å². The number of imidazole rings is 1. The number of nitrogens with zero attached hydrogens (tertiary/aromatic N) is 1. The SMILES string of the molecule is CCCc1cnc(C(C)CN)[nH]1. The minimum atomic E-state index is 0.343. The molecule has 3 N–H and O–H groups in total. The lowest BCUT2D eigenvalue weighted by Gasteiger charge is -2.02. The number of aromatic amines is 1. The molecule has 0 saturated heterocycles. The molecule has 0 aliphatic heterocycles. The Morgan fingerprint density at radius 3 is 3.00 bits per heavy atom. The first kappa shape index (κ1) is 9.26. The van der Waals surface area contributed by atoms with E-state index in [4.69, 9.17) is 5.73 Å². The van der Waals surface area contributed by atoms with Crippen LogP contribution in [0.4, 0.5) is 0 Å². The number of nitrogens with one attached hydrogen (secondary N) is 1. The van der Waals surface area contributed by atoms with E-state index in [1.807, 2.05) is 6.20 Å². The van der Waals surface area contributed by atoms with Gasteiger partial charge in [-0.15, -0.1) is 0 Å². The molecule has 1 heterocycles. The van der Waals surface area contributed by atoms with E-state index in [1.54, 1.807) is 0 Å². The molecule has 1 rings (SSSR count). The highest BCUT2D eigenvalue weighted by molar-refractivity contribution is 5.05. The van der Waals surface area contributed by atoms with Crippen LogP contribution in [0.15, 0.2) is 6.20 Å². The average molecular weight is 167 g/mol. The molecule has 1 aromatic heterocycles. The van der Waals surface area contributed by atoms with E-state index in [-0.39, 0.29) is 0 Å². The van der Waals surface area contributed by atoms with Crippen LogP contribution >= 0.6 is 0 Å². The fraction of sp³-hybridized carbons (Fsp3) is 0.667. The normalized spacial score (nSPS) is 13.2. The van der Waals surface area contributed by atoms with Crippen LogP contribution in [0.5, 0.6) is 0 Å². The quantitative estimate of drug-likeness (QED) is 0.712. The monoisotopic (exact) mass is 167 g/mol. The molecular weight excluding hydrogens is 150 g/mol. The summed E-state index contributed by atoms with van der Waals surface area (Å²) in [5.41, 5.74) is 6.74. The third-order valence-electron chi connectivity index (χ3n) is 1.99. The third-order valence-corrected chi connectivity index (χ3v) is 1.99. The number of aromatic nitrogens is 2. The molecule has 0 aromatic carbocycles. The lowest BCUT2D eigenvalue weighted by molar-refractivity contribution is 0.720. The van der Waals surface area contributed by atoms with Gasteiger partial charge >= 0.3 is 0 Å². The second kappa shape index (κ2) is 4.26. The second-order valence-corrected chi connectivity index (χ2v) is 3.18. The van der Waals surface area contributed by atoms with Crippen molar-refractivity contribution in [1.29, 1.82) is 0 Å². The predicted octanol–water partition coefficient (Wildman–Crippen LogP) is 1.42. The van der Waals surface area contributed by atoms with Crippen LogP contribution in [0.2, 0.25) is 0 Å². The number of aryl methyl sites for hydroxylation is 1. The van der Waals surface area contributed by atoms with Crippen molar-refractivity contribution in [2.75, 3.05) is 6.54 Å². The van der Waals surface area contributed by atoms with Crippen LogP contribution in [-0.2, 0) is 6.42 Å². The number of hydrogen-bond acceptors (Lipinski definition) is 2. The van der Waals surface area contributed by atoms with Crippen LogP contribution in [0, 0.1) is 0 Å². The largest absolute Gasteiger partial charge is 0.346 e. The molecule has 0 aliphatic rings. The maximum absolute atomic E-state index is 5.53.